The maximum absolute atomic E-state index is 14.1. The molecule has 3 amide bonds. The molecule has 9 unspecified atom stereocenters. The van der Waals surface area contributed by atoms with E-state index in [1.54, 1.807) is 66.1 Å². The first-order valence-corrected chi connectivity index (χ1v) is 17.3. The monoisotopic (exact) mass is 734 g/mol. The minimum Gasteiger partial charge on any atom is -0.495 e. The van der Waals surface area contributed by atoms with E-state index in [0.717, 1.165) is 11.1 Å². The average Bonchev–Trinajstić information content (AvgIpc) is 3.79. The Morgan fingerprint density at radius 3 is 2.55 bits per heavy atom. The number of benzene rings is 1. The van der Waals surface area contributed by atoms with E-state index in [4.69, 9.17) is 35.3 Å². The molecule has 2 fully saturated rings. The van der Waals surface area contributed by atoms with E-state index in [2.05, 4.69) is 10.6 Å². The summed E-state index contributed by atoms with van der Waals surface area (Å²) in [5.74, 6) is -1.65. The maximum Gasteiger partial charge on any atom is 0.409 e. The van der Waals surface area contributed by atoms with E-state index in [-0.39, 0.29) is 23.8 Å². The highest BCUT2D eigenvalue weighted by Crippen LogP contribution is 2.49. The van der Waals surface area contributed by atoms with Crippen molar-refractivity contribution >= 4 is 41.2 Å². The van der Waals surface area contributed by atoms with Crippen molar-refractivity contribution in [1.29, 1.82) is 0 Å². The molecule has 3 heterocycles. The van der Waals surface area contributed by atoms with Crippen LogP contribution in [0.5, 0.6) is 5.75 Å². The lowest BCUT2D eigenvalue weighted by atomic mass is 9.83. The normalized spacial score (nSPS) is 32.6. The van der Waals surface area contributed by atoms with Gasteiger partial charge in [0.15, 0.2) is 5.72 Å². The molecule has 1 aromatic rings. The number of nitrogens with one attached hydrogen (secondary N) is 2. The minimum absolute atomic E-state index is 0.0504. The number of halogens is 1. The van der Waals surface area contributed by atoms with Crippen LogP contribution in [-0.4, -0.2) is 117 Å². The summed E-state index contributed by atoms with van der Waals surface area (Å²) in [6.07, 6.45) is 0.934. The van der Waals surface area contributed by atoms with E-state index in [1.165, 1.54) is 31.1 Å². The first kappa shape index (κ1) is 40.1. The van der Waals surface area contributed by atoms with Crippen LogP contribution < -0.4 is 20.3 Å². The zero-order valence-electron chi connectivity index (χ0n) is 30.9. The molecule has 4 bridgehead atoms. The van der Waals surface area contributed by atoms with Gasteiger partial charge in [0, 0.05) is 33.5 Å². The standard InChI is InChI=1S/C36H51ClN4O10/c1-19-12-11-13-27(48-10)36(46)18-26(49-34(45)39-36)20(2)31-35(5,51-31)28(50-33(44)22(4)40(7)32(43)21(3)38-6)17-29(42)41(8)24-15-23(14-19)16-25(47-9)30(24)37/h11-13,15-16,20-22,26-28,31,38,46H,14,17-18H2,1-10H3,(H,39,45)/b13-11+,19-12+. The molecule has 15 heteroatoms. The number of alkyl carbamates (subject to hydrolysis) is 1. The van der Waals surface area contributed by atoms with Gasteiger partial charge in [0.1, 0.15) is 40.7 Å². The van der Waals surface area contributed by atoms with Crippen LogP contribution in [0, 0.1) is 5.92 Å². The number of anilines is 1. The Balaban J connectivity index is 1.78. The van der Waals surface area contributed by atoms with Crippen molar-refractivity contribution in [2.75, 3.05) is 40.3 Å². The largest absolute Gasteiger partial charge is 0.495 e. The first-order chi connectivity index (χ1) is 23.9. The number of amides is 3. The lowest BCUT2D eigenvalue weighted by molar-refractivity contribution is -0.162. The molecule has 3 aliphatic heterocycles. The van der Waals surface area contributed by atoms with Crippen molar-refractivity contribution in [2.45, 2.75) is 102 Å². The van der Waals surface area contributed by atoms with Gasteiger partial charge in [0.2, 0.25) is 11.8 Å². The molecule has 1 aromatic carbocycles. The van der Waals surface area contributed by atoms with Gasteiger partial charge < -0.3 is 43.9 Å². The lowest BCUT2D eigenvalue weighted by Crippen LogP contribution is -2.63. The molecule has 2 saturated heterocycles. The van der Waals surface area contributed by atoms with Crippen molar-refractivity contribution in [3.63, 3.8) is 0 Å². The quantitative estimate of drug-likeness (QED) is 0.278. The number of hydrogen-bond acceptors (Lipinski definition) is 11. The van der Waals surface area contributed by atoms with Gasteiger partial charge in [-0.25, -0.2) is 9.59 Å². The highest BCUT2D eigenvalue weighted by atomic mass is 35.5. The van der Waals surface area contributed by atoms with Crippen LogP contribution in [0.2, 0.25) is 5.02 Å². The predicted molar refractivity (Wildman–Crippen MR) is 189 cm³/mol. The molecule has 282 valence electrons. The summed E-state index contributed by atoms with van der Waals surface area (Å²) < 4.78 is 29.1. The Bertz CT molecular complexity index is 1570. The van der Waals surface area contributed by atoms with Crippen LogP contribution in [0.3, 0.4) is 0 Å². The molecule has 3 aliphatic rings. The number of hydrogen-bond donors (Lipinski definition) is 3. The number of fused-ring (bicyclic) bond motifs is 5. The number of esters is 1. The predicted octanol–water partition coefficient (Wildman–Crippen LogP) is 3.12. The summed E-state index contributed by atoms with van der Waals surface area (Å²) in [6, 6.07) is 2.03. The van der Waals surface area contributed by atoms with Crippen molar-refractivity contribution < 1.29 is 48.0 Å². The Morgan fingerprint density at radius 1 is 1.24 bits per heavy atom. The Morgan fingerprint density at radius 2 is 1.92 bits per heavy atom. The smallest absolute Gasteiger partial charge is 0.409 e. The number of nitrogens with zero attached hydrogens (tertiary/aromatic N) is 2. The summed E-state index contributed by atoms with van der Waals surface area (Å²) in [5.41, 5.74) is -0.914. The summed E-state index contributed by atoms with van der Waals surface area (Å²) in [5, 5.41) is 17.3. The molecule has 0 spiro atoms. The molecule has 0 aliphatic carbocycles. The molecule has 14 nitrogen and oxygen atoms in total. The Hall–Kier alpha value is -3.69. The van der Waals surface area contributed by atoms with Gasteiger partial charge in [0.05, 0.1) is 31.4 Å². The number of methoxy groups -OCH3 is 2. The third-order valence-electron chi connectivity index (χ3n) is 10.3. The van der Waals surface area contributed by atoms with Gasteiger partial charge >= 0.3 is 12.1 Å². The number of allylic oxidation sites excluding steroid dienone is 3. The zero-order valence-corrected chi connectivity index (χ0v) is 31.7. The van der Waals surface area contributed by atoms with Gasteiger partial charge in [-0.15, -0.1) is 0 Å². The second-order valence-corrected chi connectivity index (χ2v) is 14.2. The third-order valence-corrected chi connectivity index (χ3v) is 10.7. The molecule has 0 aromatic heterocycles. The highest BCUT2D eigenvalue weighted by Gasteiger charge is 2.64. The number of likely N-dealkylation sites (N-methyl/N-ethyl adjacent to an activating group) is 2. The fourth-order valence-electron chi connectivity index (χ4n) is 6.62. The fourth-order valence-corrected chi connectivity index (χ4v) is 6.93. The number of carbonyl (C=O) groups excluding carboxylic acids is 4. The Kier molecular flexibility index (Phi) is 12.5. The van der Waals surface area contributed by atoms with E-state index in [0.29, 0.717) is 17.9 Å². The van der Waals surface area contributed by atoms with Crippen molar-refractivity contribution in [3.8, 4) is 5.75 Å². The van der Waals surface area contributed by atoms with Crippen LogP contribution in [-0.2, 0) is 39.8 Å². The number of carbonyl (C=O) groups is 4. The van der Waals surface area contributed by atoms with Crippen LogP contribution >= 0.6 is 11.6 Å². The van der Waals surface area contributed by atoms with Gasteiger partial charge in [-0.3, -0.25) is 14.9 Å². The topological polar surface area (TPSA) is 169 Å². The van der Waals surface area contributed by atoms with Crippen LogP contribution in [0.4, 0.5) is 10.5 Å². The van der Waals surface area contributed by atoms with E-state index in [9.17, 15) is 24.3 Å². The van der Waals surface area contributed by atoms with Crippen molar-refractivity contribution in [3.05, 3.63) is 46.5 Å². The molecular formula is C36H51ClN4O10. The second-order valence-electron chi connectivity index (χ2n) is 13.9. The second kappa shape index (κ2) is 15.9. The van der Waals surface area contributed by atoms with Crippen molar-refractivity contribution in [2.24, 2.45) is 5.92 Å². The summed E-state index contributed by atoms with van der Waals surface area (Å²) in [4.78, 5) is 56.1. The van der Waals surface area contributed by atoms with Crippen molar-refractivity contribution in [1.82, 2.24) is 15.5 Å². The Labute approximate surface area is 304 Å². The first-order valence-electron chi connectivity index (χ1n) is 16.9. The van der Waals surface area contributed by atoms with Gasteiger partial charge in [0.25, 0.3) is 0 Å². The maximum atomic E-state index is 14.1. The summed E-state index contributed by atoms with van der Waals surface area (Å²) in [6.45, 7) is 8.65. The fraction of sp³-hybridized carbons (Fsp3) is 0.611. The van der Waals surface area contributed by atoms with Gasteiger partial charge in [-0.05, 0) is 58.9 Å². The summed E-state index contributed by atoms with van der Waals surface area (Å²) in [7, 11) is 7.63. The number of epoxide rings is 1. The molecule has 51 heavy (non-hydrogen) atoms. The lowest BCUT2D eigenvalue weighted by Gasteiger charge is -2.42. The molecule has 4 rings (SSSR count). The molecule has 0 saturated carbocycles. The van der Waals surface area contributed by atoms with Gasteiger partial charge in [-0.1, -0.05) is 42.3 Å². The van der Waals surface area contributed by atoms with Crippen LogP contribution in [0.25, 0.3) is 0 Å². The van der Waals surface area contributed by atoms with Crippen LogP contribution in [0.1, 0.15) is 53.0 Å². The summed E-state index contributed by atoms with van der Waals surface area (Å²) >= 11 is 6.74. The molecule has 3 N–H and O–H groups in total. The number of ether oxygens (including phenoxy) is 5. The van der Waals surface area contributed by atoms with E-state index < -0.39 is 71.7 Å². The van der Waals surface area contributed by atoms with Gasteiger partial charge in [-0.2, -0.15) is 0 Å². The van der Waals surface area contributed by atoms with E-state index >= 15 is 0 Å². The number of rotatable bonds is 7. The van der Waals surface area contributed by atoms with Crippen LogP contribution in [0.15, 0.2) is 35.9 Å². The molecule has 9 atom stereocenters. The average molecular weight is 735 g/mol. The third kappa shape index (κ3) is 8.52. The molecule has 0 radical (unpaired) electrons. The SMILES string of the molecule is CNC(C)C(=O)N(C)C(C)C(=O)OC1CC(=O)N(C)c2cc(cc(OC)c2Cl)C/C(C)=C/C=C/C(OC)C2(O)CC(OC(=O)N2)C(C)C2OC12C. The zero-order chi connectivity index (χ0) is 38.0. The highest BCUT2D eigenvalue weighted by molar-refractivity contribution is 6.35. The molecular weight excluding hydrogens is 684 g/mol. The number of aliphatic hydroxyl groups is 1. The van der Waals surface area contributed by atoms with E-state index in [1.807, 2.05) is 13.0 Å². The minimum atomic E-state index is -1.82.